The minimum atomic E-state index is -4.44. The molecule has 8 nitrogen and oxygen atoms in total. The Bertz CT molecular complexity index is 1740. The smallest absolute Gasteiger partial charge is 0.384 e. The SMILES string of the molecule is Cc1ccc2c(c1)C1(C(=O)N2)C(C#N)=C(N)N(c2nnc(SCc3cccc(C(F)(F)F)c3)s2)C2=C1C(=O)CCC2. The minimum absolute atomic E-state index is 0.0176. The number of Topliss-reactive ketones (excluding diaryl/α,β-unsaturated/α-hetero) is 1. The van der Waals surface area contributed by atoms with E-state index in [1.54, 1.807) is 18.2 Å². The Labute approximate surface area is 240 Å². The van der Waals surface area contributed by atoms with Crippen molar-refractivity contribution < 1.29 is 22.8 Å². The van der Waals surface area contributed by atoms with E-state index in [-0.39, 0.29) is 34.9 Å². The second-order valence-electron chi connectivity index (χ2n) is 9.90. The van der Waals surface area contributed by atoms with Crippen LogP contribution in [0.4, 0.5) is 24.0 Å². The number of rotatable bonds is 4. The summed E-state index contributed by atoms with van der Waals surface area (Å²) in [5.74, 6) is -0.547. The van der Waals surface area contributed by atoms with Gasteiger partial charge in [0.15, 0.2) is 10.1 Å². The number of thioether (sulfide) groups is 1. The summed E-state index contributed by atoms with van der Waals surface area (Å²) in [6, 6.07) is 12.6. The van der Waals surface area contributed by atoms with E-state index < -0.39 is 23.1 Å². The van der Waals surface area contributed by atoms with E-state index in [4.69, 9.17) is 5.73 Å². The number of hydrogen-bond donors (Lipinski definition) is 2. The molecule has 1 amide bonds. The first-order valence-electron chi connectivity index (χ1n) is 12.6. The molecule has 3 N–H and O–H groups in total. The molecule has 0 fully saturated rings. The van der Waals surface area contributed by atoms with Crippen LogP contribution in [0.3, 0.4) is 0 Å². The second kappa shape index (κ2) is 9.74. The molecule has 1 spiro atoms. The zero-order valence-corrected chi connectivity index (χ0v) is 23.1. The van der Waals surface area contributed by atoms with Gasteiger partial charge in [-0.1, -0.05) is 59.0 Å². The Kier molecular flexibility index (Phi) is 6.43. The van der Waals surface area contributed by atoms with Gasteiger partial charge in [0.05, 0.1) is 11.1 Å². The Morgan fingerprint density at radius 2 is 2.00 bits per heavy atom. The highest BCUT2D eigenvalue weighted by Gasteiger charge is 2.60. The van der Waals surface area contributed by atoms with Crippen LogP contribution in [0.5, 0.6) is 0 Å². The number of carbonyl (C=O) groups is 2. The molecule has 2 aliphatic heterocycles. The fourth-order valence-corrected chi connectivity index (χ4v) is 7.48. The van der Waals surface area contributed by atoms with E-state index in [2.05, 4.69) is 21.6 Å². The molecule has 1 unspecified atom stereocenters. The number of aryl methyl sites for hydroxylation is 1. The summed E-state index contributed by atoms with van der Waals surface area (Å²) in [4.78, 5) is 28.8. The maximum atomic E-state index is 13.7. The molecule has 1 aromatic heterocycles. The average molecular weight is 595 g/mol. The van der Waals surface area contributed by atoms with Gasteiger partial charge >= 0.3 is 6.18 Å². The Morgan fingerprint density at radius 1 is 1.20 bits per heavy atom. The lowest BCUT2D eigenvalue weighted by atomic mass is 9.64. The highest BCUT2D eigenvalue weighted by molar-refractivity contribution is 8.00. The topological polar surface area (TPSA) is 125 Å². The minimum Gasteiger partial charge on any atom is -0.384 e. The van der Waals surface area contributed by atoms with E-state index in [0.29, 0.717) is 44.8 Å². The quantitative estimate of drug-likeness (QED) is 0.376. The number of nitrogens with two attached hydrogens (primary N) is 1. The van der Waals surface area contributed by atoms with Crippen molar-refractivity contribution in [2.24, 2.45) is 5.73 Å². The summed E-state index contributed by atoms with van der Waals surface area (Å²) in [6.45, 7) is 1.86. The molecular weight excluding hydrogens is 573 g/mol. The Hall–Kier alpha value is -4.15. The van der Waals surface area contributed by atoms with Crippen molar-refractivity contribution in [1.82, 2.24) is 10.2 Å². The van der Waals surface area contributed by atoms with Gasteiger partial charge in [0.25, 0.3) is 0 Å². The molecule has 0 radical (unpaired) electrons. The first kappa shape index (κ1) is 27.0. The normalized spacial score (nSPS) is 20.3. The van der Waals surface area contributed by atoms with Crippen LogP contribution in [-0.4, -0.2) is 21.9 Å². The lowest BCUT2D eigenvalue weighted by Gasteiger charge is -2.42. The molecule has 41 heavy (non-hydrogen) atoms. The number of amides is 1. The molecule has 0 saturated heterocycles. The zero-order valence-electron chi connectivity index (χ0n) is 21.5. The van der Waals surface area contributed by atoms with Crippen molar-refractivity contribution in [2.45, 2.75) is 47.9 Å². The van der Waals surface area contributed by atoms with Crippen LogP contribution in [0.2, 0.25) is 0 Å². The third-order valence-electron chi connectivity index (χ3n) is 7.39. The predicted molar refractivity (Wildman–Crippen MR) is 148 cm³/mol. The van der Waals surface area contributed by atoms with E-state index in [1.807, 2.05) is 13.0 Å². The number of hydrogen-bond acceptors (Lipinski definition) is 9. The summed E-state index contributed by atoms with van der Waals surface area (Å²) >= 11 is 2.35. The predicted octanol–water partition coefficient (Wildman–Crippen LogP) is 5.57. The largest absolute Gasteiger partial charge is 0.416 e. The number of carbonyl (C=O) groups excluding carboxylic acids is 2. The van der Waals surface area contributed by atoms with Gasteiger partial charge in [0.1, 0.15) is 17.3 Å². The number of ketones is 1. The van der Waals surface area contributed by atoms with Gasteiger partial charge in [-0.2, -0.15) is 18.4 Å². The molecule has 208 valence electrons. The van der Waals surface area contributed by atoms with Crippen LogP contribution in [0.25, 0.3) is 0 Å². The molecule has 3 aliphatic rings. The molecule has 0 bridgehead atoms. The number of anilines is 2. The van der Waals surface area contributed by atoms with Gasteiger partial charge in [-0.15, -0.1) is 10.2 Å². The van der Waals surface area contributed by atoms with Crippen LogP contribution in [0.1, 0.15) is 41.5 Å². The number of nitrogens with one attached hydrogen (secondary N) is 1. The fraction of sp³-hybridized carbons (Fsp3) is 0.250. The van der Waals surface area contributed by atoms with Gasteiger partial charge in [-0.3, -0.25) is 14.5 Å². The van der Waals surface area contributed by atoms with Crippen molar-refractivity contribution >= 4 is 45.6 Å². The third-order valence-corrected chi connectivity index (χ3v) is 9.50. The van der Waals surface area contributed by atoms with E-state index >= 15 is 0 Å². The van der Waals surface area contributed by atoms with Crippen LogP contribution in [0, 0.1) is 18.3 Å². The summed E-state index contributed by atoms with van der Waals surface area (Å²) in [5, 5.41) is 22.0. The van der Waals surface area contributed by atoms with Crippen molar-refractivity contribution in [1.29, 1.82) is 5.26 Å². The lowest BCUT2D eigenvalue weighted by Crippen LogP contribution is -2.50. The standard InChI is InChI=1S/C28H21F3N6O2S2/c1-14-8-9-19-17(10-14)27(24(39)34-19)18(12-32)23(33)37(20-6-3-7-21(38)22(20)27)25-35-36-26(41-25)40-13-15-4-2-5-16(11-15)28(29,30)31/h2,4-5,8-11H,3,6-7,13,33H2,1H3,(H,34,39). The number of nitriles is 1. The third kappa shape index (κ3) is 4.20. The number of halogens is 3. The van der Waals surface area contributed by atoms with Crippen LogP contribution in [0.15, 0.2) is 69.5 Å². The molecule has 13 heteroatoms. The zero-order chi connectivity index (χ0) is 29.1. The van der Waals surface area contributed by atoms with Crippen LogP contribution in [-0.2, 0) is 26.9 Å². The molecule has 0 saturated carbocycles. The Morgan fingerprint density at radius 3 is 2.76 bits per heavy atom. The number of alkyl halides is 3. The van der Waals surface area contributed by atoms with Crippen molar-refractivity contribution in [3.63, 3.8) is 0 Å². The van der Waals surface area contributed by atoms with Crippen LogP contribution >= 0.6 is 23.1 Å². The highest BCUT2D eigenvalue weighted by atomic mass is 32.2. The molecule has 2 aromatic carbocycles. The summed E-state index contributed by atoms with van der Waals surface area (Å²) in [7, 11) is 0. The molecule has 3 aromatic rings. The summed E-state index contributed by atoms with van der Waals surface area (Å²) in [6.07, 6.45) is -3.28. The number of fused-ring (bicyclic) bond motifs is 3. The van der Waals surface area contributed by atoms with E-state index in [1.165, 1.54) is 22.7 Å². The van der Waals surface area contributed by atoms with E-state index in [9.17, 15) is 28.0 Å². The van der Waals surface area contributed by atoms with Crippen molar-refractivity contribution in [2.75, 3.05) is 10.2 Å². The first-order valence-corrected chi connectivity index (χ1v) is 14.4. The fourth-order valence-electron chi connectivity index (χ4n) is 5.66. The van der Waals surface area contributed by atoms with Gasteiger partial charge in [0.2, 0.25) is 11.0 Å². The van der Waals surface area contributed by atoms with Gasteiger partial charge in [-0.25, -0.2) is 0 Å². The Balaban J connectivity index is 1.41. The summed E-state index contributed by atoms with van der Waals surface area (Å²) < 4.78 is 39.8. The average Bonchev–Trinajstić information content (AvgIpc) is 3.50. The highest BCUT2D eigenvalue weighted by Crippen LogP contribution is 2.55. The van der Waals surface area contributed by atoms with Gasteiger partial charge in [-0.05, 0) is 37.5 Å². The summed E-state index contributed by atoms with van der Waals surface area (Å²) in [5.41, 5.74) is 7.24. The van der Waals surface area contributed by atoms with Crippen molar-refractivity contribution in [3.05, 3.63) is 87.4 Å². The maximum absolute atomic E-state index is 13.7. The molecule has 1 atom stereocenters. The molecule has 1 aliphatic carbocycles. The number of benzene rings is 2. The molecule has 6 rings (SSSR count). The van der Waals surface area contributed by atoms with Crippen molar-refractivity contribution in [3.8, 4) is 6.07 Å². The number of nitrogens with zero attached hydrogens (tertiary/aromatic N) is 4. The van der Waals surface area contributed by atoms with Crippen LogP contribution < -0.4 is 16.0 Å². The van der Waals surface area contributed by atoms with Gasteiger partial charge < -0.3 is 11.1 Å². The monoisotopic (exact) mass is 594 g/mol. The lowest BCUT2D eigenvalue weighted by molar-refractivity contribution is -0.137. The number of allylic oxidation sites excluding steroid dienone is 1. The molecule has 3 heterocycles. The molecular formula is C28H21F3N6O2S2. The van der Waals surface area contributed by atoms with Gasteiger partial charge in [0, 0.05) is 34.7 Å². The first-order chi connectivity index (χ1) is 19.5. The van der Waals surface area contributed by atoms with E-state index in [0.717, 1.165) is 29.0 Å². The second-order valence-corrected chi connectivity index (χ2v) is 12.1. The number of aromatic nitrogens is 2. The maximum Gasteiger partial charge on any atom is 0.416 e.